The van der Waals surface area contributed by atoms with Gasteiger partial charge in [0.15, 0.2) is 0 Å². The van der Waals surface area contributed by atoms with E-state index in [1.807, 2.05) is 30.3 Å². The number of nitrogens with two attached hydrogens (primary N) is 1. The van der Waals surface area contributed by atoms with Crippen LogP contribution >= 0.6 is 22.9 Å². The minimum absolute atomic E-state index is 0.0658. The van der Waals surface area contributed by atoms with Crippen molar-refractivity contribution in [3.63, 3.8) is 0 Å². The standard InChI is InChI=1S/C14H12ClN3S/c15-13-6-5-12(19-13)14(18-16)10-4-3-9-2-1-7-17-11(9)8-10/h1-8,14,18H,16H2. The predicted molar refractivity (Wildman–Crippen MR) is 80.2 cm³/mol. The summed E-state index contributed by atoms with van der Waals surface area (Å²) in [6, 6.07) is 13.9. The second-order valence-electron chi connectivity index (χ2n) is 4.20. The number of pyridine rings is 1. The molecule has 0 aliphatic carbocycles. The van der Waals surface area contributed by atoms with E-state index < -0.39 is 0 Å². The molecule has 1 unspecified atom stereocenters. The highest BCUT2D eigenvalue weighted by atomic mass is 35.5. The first-order valence-electron chi connectivity index (χ1n) is 5.84. The van der Waals surface area contributed by atoms with Gasteiger partial charge < -0.3 is 0 Å². The van der Waals surface area contributed by atoms with E-state index in [1.54, 1.807) is 6.20 Å². The molecule has 5 heteroatoms. The molecule has 1 atom stereocenters. The summed E-state index contributed by atoms with van der Waals surface area (Å²) in [4.78, 5) is 5.45. The summed E-state index contributed by atoms with van der Waals surface area (Å²) in [5.41, 5.74) is 4.87. The Morgan fingerprint density at radius 1 is 1.21 bits per heavy atom. The van der Waals surface area contributed by atoms with Crippen LogP contribution in [0.4, 0.5) is 0 Å². The number of hydrogen-bond donors (Lipinski definition) is 2. The predicted octanol–water partition coefficient (Wildman–Crippen LogP) is 3.50. The van der Waals surface area contributed by atoms with Crippen molar-refractivity contribution in [2.24, 2.45) is 5.84 Å². The molecule has 3 nitrogen and oxygen atoms in total. The average Bonchev–Trinajstić information content (AvgIpc) is 2.86. The van der Waals surface area contributed by atoms with Gasteiger partial charge in [0.2, 0.25) is 0 Å². The van der Waals surface area contributed by atoms with Gasteiger partial charge in [0.1, 0.15) is 0 Å². The van der Waals surface area contributed by atoms with Gasteiger partial charge in [-0.05, 0) is 29.8 Å². The Morgan fingerprint density at radius 3 is 2.84 bits per heavy atom. The molecule has 2 heterocycles. The smallest absolute Gasteiger partial charge is 0.0931 e. The zero-order valence-corrected chi connectivity index (χ0v) is 11.6. The Morgan fingerprint density at radius 2 is 2.11 bits per heavy atom. The maximum absolute atomic E-state index is 5.98. The topological polar surface area (TPSA) is 50.9 Å². The average molecular weight is 290 g/mol. The van der Waals surface area contributed by atoms with Crippen LogP contribution < -0.4 is 11.3 Å². The minimum atomic E-state index is -0.0658. The summed E-state index contributed by atoms with van der Waals surface area (Å²) in [6.45, 7) is 0. The Balaban J connectivity index is 2.06. The van der Waals surface area contributed by atoms with Gasteiger partial charge >= 0.3 is 0 Å². The molecule has 0 radical (unpaired) electrons. The SMILES string of the molecule is NNC(c1ccc2cccnc2c1)c1ccc(Cl)s1. The Labute approximate surface area is 120 Å². The monoisotopic (exact) mass is 289 g/mol. The molecule has 0 aliphatic heterocycles. The molecule has 0 fully saturated rings. The van der Waals surface area contributed by atoms with E-state index in [9.17, 15) is 0 Å². The van der Waals surface area contributed by atoms with Crippen LogP contribution in [0, 0.1) is 0 Å². The van der Waals surface area contributed by atoms with Gasteiger partial charge in [0.05, 0.1) is 15.9 Å². The molecule has 2 aromatic heterocycles. The van der Waals surface area contributed by atoms with Gasteiger partial charge in [-0.15, -0.1) is 11.3 Å². The lowest BCUT2D eigenvalue weighted by atomic mass is 10.0. The van der Waals surface area contributed by atoms with E-state index in [0.29, 0.717) is 0 Å². The van der Waals surface area contributed by atoms with Crippen molar-refractivity contribution in [3.05, 3.63) is 63.4 Å². The highest BCUT2D eigenvalue weighted by Crippen LogP contribution is 2.31. The summed E-state index contributed by atoms with van der Waals surface area (Å²) in [5, 5.41) is 1.12. The molecule has 3 rings (SSSR count). The van der Waals surface area contributed by atoms with Gasteiger partial charge in [0.25, 0.3) is 0 Å². The Hall–Kier alpha value is -1.46. The van der Waals surface area contributed by atoms with Crippen molar-refractivity contribution in [2.45, 2.75) is 6.04 Å². The lowest BCUT2D eigenvalue weighted by molar-refractivity contribution is 0.647. The third kappa shape index (κ3) is 2.48. The second kappa shape index (κ2) is 5.27. The zero-order chi connectivity index (χ0) is 13.2. The van der Waals surface area contributed by atoms with Crippen LogP contribution in [-0.2, 0) is 0 Å². The van der Waals surface area contributed by atoms with Crippen LogP contribution in [0.1, 0.15) is 16.5 Å². The van der Waals surface area contributed by atoms with Gasteiger partial charge in [-0.1, -0.05) is 29.8 Å². The number of nitrogens with one attached hydrogen (secondary N) is 1. The third-order valence-electron chi connectivity index (χ3n) is 3.01. The van der Waals surface area contributed by atoms with Gasteiger partial charge in [-0.25, -0.2) is 5.43 Å². The fourth-order valence-corrected chi connectivity index (χ4v) is 3.24. The molecule has 0 saturated carbocycles. The van der Waals surface area contributed by atoms with Crippen molar-refractivity contribution in [1.29, 1.82) is 0 Å². The van der Waals surface area contributed by atoms with Gasteiger partial charge in [-0.2, -0.15) is 0 Å². The first kappa shape index (κ1) is 12.6. The summed E-state index contributed by atoms with van der Waals surface area (Å²) < 4.78 is 0.758. The quantitative estimate of drug-likeness (QED) is 0.573. The van der Waals surface area contributed by atoms with Crippen LogP contribution in [-0.4, -0.2) is 4.98 Å². The molecule has 3 aromatic rings. The van der Waals surface area contributed by atoms with Gasteiger partial charge in [-0.3, -0.25) is 10.8 Å². The van der Waals surface area contributed by atoms with Crippen LogP contribution in [0.2, 0.25) is 4.34 Å². The lowest BCUT2D eigenvalue weighted by Crippen LogP contribution is -2.28. The second-order valence-corrected chi connectivity index (χ2v) is 5.94. The molecule has 1 aromatic carbocycles. The summed E-state index contributed by atoms with van der Waals surface area (Å²) in [7, 11) is 0. The van der Waals surface area contributed by atoms with Crippen LogP contribution in [0.15, 0.2) is 48.7 Å². The van der Waals surface area contributed by atoms with Crippen molar-refractivity contribution in [2.75, 3.05) is 0 Å². The summed E-state index contributed by atoms with van der Waals surface area (Å²) in [5.74, 6) is 5.68. The number of halogens is 1. The largest absolute Gasteiger partial charge is 0.271 e. The van der Waals surface area contributed by atoms with Crippen molar-refractivity contribution < 1.29 is 0 Å². The first-order valence-corrected chi connectivity index (χ1v) is 7.03. The Bertz CT molecular complexity index is 710. The molecular formula is C14H12ClN3S. The molecule has 96 valence electrons. The summed E-state index contributed by atoms with van der Waals surface area (Å²) in [6.07, 6.45) is 1.79. The van der Waals surface area contributed by atoms with E-state index in [4.69, 9.17) is 17.4 Å². The number of fused-ring (bicyclic) bond motifs is 1. The molecule has 19 heavy (non-hydrogen) atoms. The minimum Gasteiger partial charge on any atom is -0.271 e. The fraction of sp³-hybridized carbons (Fsp3) is 0.0714. The molecular weight excluding hydrogens is 278 g/mol. The molecule has 0 bridgehead atoms. The highest BCUT2D eigenvalue weighted by molar-refractivity contribution is 7.16. The number of benzene rings is 1. The number of thiophene rings is 1. The molecule has 0 aliphatic rings. The molecule has 0 amide bonds. The Kier molecular flexibility index (Phi) is 3.48. The van der Waals surface area contributed by atoms with Crippen LogP contribution in [0.5, 0.6) is 0 Å². The molecule has 0 saturated heterocycles. The number of aromatic nitrogens is 1. The fourth-order valence-electron chi connectivity index (χ4n) is 2.09. The first-order chi connectivity index (χ1) is 9.28. The van der Waals surface area contributed by atoms with Crippen LogP contribution in [0.25, 0.3) is 10.9 Å². The maximum Gasteiger partial charge on any atom is 0.0931 e. The van der Waals surface area contributed by atoms with E-state index in [-0.39, 0.29) is 6.04 Å². The van der Waals surface area contributed by atoms with E-state index in [0.717, 1.165) is 25.7 Å². The van der Waals surface area contributed by atoms with Gasteiger partial charge in [0, 0.05) is 16.5 Å². The maximum atomic E-state index is 5.98. The normalized spacial score (nSPS) is 12.7. The molecule has 0 spiro atoms. The summed E-state index contributed by atoms with van der Waals surface area (Å²) >= 11 is 7.50. The molecule has 3 N–H and O–H groups in total. The van der Waals surface area contributed by atoms with Crippen LogP contribution in [0.3, 0.4) is 0 Å². The number of rotatable bonds is 3. The lowest BCUT2D eigenvalue weighted by Gasteiger charge is -2.15. The van der Waals surface area contributed by atoms with E-state index in [2.05, 4.69) is 22.5 Å². The van der Waals surface area contributed by atoms with Crippen molar-refractivity contribution >= 4 is 33.8 Å². The number of hydrazine groups is 1. The third-order valence-corrected chi connectivity index (χ3v) is 4.30. The van der Waals surface area contributed by atoms with Crippen molar-refractivity contribution in [1.82, 2.24) is 10.4 Å². The number of hydrogen-bond acceptors (Lipinski definition) is 4. The highest BCUT2D eigenvalue weighted by Gasteiger charge is 2.15. The number of nitrogens with zero attached hydrogens (tertiary/aromatic N) is 1. The van der Waals surface area contributed by atoms with E-state index >= 15 is 0 Å². The van der Waals surface area contributed by atoms with Crippen molar-refractivity contribution in [3.8, 4) is 0 Å². The van der Waals surface area contributed by atoms with E-state index in [1.165, 1.54) is 11.3 Å². The zero-order valence-electron chi connectivity index (χ0n) is 10.0.